The number of phenols is 1. The fourth-order valence-electron chi connectivity index (χ4n) is 2.04. The molecule has 0 aliphatic carbocycles. The minimum Gasteiger partial charge on any atom is -0.505 e. The summed E-state index contributed by atoms with van der Waals surface area (Å²) in [5, 5.41) is 13.3. The lowest BCUT2D eigenvalue weighted by atomic mass is 9.91. The molecular weight excluding hydrogens is 217 g/mol. The van der Waals surface area contributed by atoms with Gasteiger partial charge in [-0.2, -0.15) is 0 Å². The zero-order valence-electron chi connectivity index (χ0n) is 8.26. The average Bonchev–Trinajstić information content (AvgIpc) is 2.26. The third-order valence-corrected chi connectivity index (χ3v) is 3.15. The van der Waals surface area contributed by atoms with Crippen LogP contribution in [0.3, 0.4) is 0 Å². The summed E-state index contributed by atoms with van der Waals surface area (Å²) < 4.78 is 13.2. The first-order valence-electron chi connectivity index (χ1n) is 5.07. The predicted octanol–water partition coefficient (Wildman–Crippen LogP) is 2.65. The Bertz CT molecular complexity index is 364. The fraction of sp³-hybridized carbons (Fsp3) is 0.455. The number of hydrogen-bond donors (Lipinski definition) is 2. The van der Waals surface area contributed by atoms with Crippen molar-refractivity contribution in [2.45, 2.75) is 18.8 Å². The summed E-state index contributed by atoms with van der Waals surface area (Å²) in [6.45, 7) is 1.72. The summed E-state index contributed by atoms with van der Waals surface area (Å²) in [7, 11) is 0. The first-order valence-corrected chi connectivity index (χ1v) is 5.45. The van der Waals surface area contributed by atoms with Gasteiger partial charge in [0, 0.05) is 23.0 Å². The van der Waals surface area contributed by atoms with Gasteiger partial charge >= 0.3 is 0 Å². The molecule has 1 atom stereocenters. The Morgan fingerprint density at radius 2 is 2.27 bits per heavy atom. The van der Waals surface area contributed by atoms with Crippen LogP contribution in [0, 0.1) is 5.82 Å². The Labute approximate surface area is 93.1 Å². The van der Waals surface area contributed by atoms with Gasteiger partial charge in [0.15, 0.2) is 11.6 Å². The molecule has 1 aliphatic rings. The maximum atomic E-state index is 13.2. The molecule has 1 saturated heterocycles. The van der Waals surface area contributed by atoms with Crippen LogP contribution in [0.5, 0.6) is 5.75 Å². The highest BCUT2D eigenvalue weighted by molar-refractivity contribution is 6.31. The highest BCUT2D eigenvalue weighted by atomic mass is 35.5. The summed E-state index contributed by atoms with van der Waals surface area (Å²) in [5.41, 5.74) is 0.545. The number of benzene rings is 1. The summed E-state index contributed by atoms with van der Waals surface area (Å²) in [6, 6.07) is 2.69. The van der Waals surface area contributed by atoms with Gasteiger partial charge in [-0.05, 0) is 31.5 Å². The largest absolute Gasteiger partial charge is 0.505 e. The monoisotopic (exact) mass is 229 g/mol. The molecule has 2 rings (SSSR count). The zero-order chi connectivity index (χ0) is 10.8. The molecule has 82 valence electrons. The Morgan fingerprint density at radius 1 is 1.47 bits per heavy atom. The van der Waals surface area contributed by atoms with E-state index in [1.165, 1.54) is 12.1 Å². The predicted molar refractivity (Wildman–Crippen MR) is 57.9 cm³/mol. The summed E-state index contributed by atoms with van der Waals surface area (Å²) >= 11 is 5.98. The minimum absolute atomic E-state index is 0.113. The van der Waals surface area contributed by atoms with E-state index >= 15 is 0 Å². The molecule has 0 aromatic heterocycles. The van der Waals surface area contributed by atoms with Gasteiger partial charge in [-0.25, -0.2) is 4.39 Å². The molecule has 1 heterocycles. The van der Waals surface area contributed by atoms with Crippen molar-refractivity contribution in [3.63, 3.8) is 0 Å². The molecule has 1 aromatic carbocycles. The number of piperidine rings is 1. The second-order valence-electron chi connectivity index (χ2n) is 3.83. The Kier molecular flexibility index (Phi) is 3.12. The van der Waals surface area contributed by atoms with E-state index in [1.807, 2.05) is 0 Å². The number of rotatable bonds is 1. The number of nitrogens with one attached hydrogen (secondary N) is 1. The summed E-state index contributed by atoms with van der Waals surface area (Å²) in [4.78, 5) is 0. The van der Waals surface area contributed by atoms with Crippen molar-refractivity contribution in [3.05, 3.63) is 28.5 Å². The number of phenolic OH excluding ortho intramolecular Hbond substituents is 1. The van der Waals surface area contributed by atoms with Gasteiger partial charge in [-0.15, -0.1) is 0 Å². The standard InChI is InChI=1S/C11H13ClFNO/c12-8-3-4-9(13)11(15)10(8)7-2-1-5-14-6-7/h3-4,7,14-15H,1-2,5-6H2. The van der Waals surface area contributed by atoms with Crippen molar-refractivity contribution in [1.29, 1.82) is 0 Å². The molecular formula is C11H13ClFNO. The maximum absolute atomic E-state index is 13.2. The van der Waals surface area contributed by atoms with Gasteiger partial charge in [0.2, 0.25) is 0 Å². The molecule has 1 unspecified atom stereocenters. The van der Waals surface area contributed by atoms with Gasteiger partial charge < -0.3 is 10.4 Å². The third-order valence-electron chi connectivity index (χ3n) is 2.82. The van der Waals surface area contributed by atoms with Crippen LogP contribution in [0.4, 0.5) is 4.39 Å². The molecule has 0 saturated carbocycles. The molecule has 1 aromatic rings. The first-order chi connectivity index (χ1) is 7.20. The van der Waals surface area contributed by atoms with E-state index in [4.69, 9.17) is 11.6 Å². The van der Waals surface area contributed by atoms with Crippen molar-refractivity contribution >= 4 is 11.6 Å². The van der Waals surface area contributed by atoms with Gasteiger partial charge in [0.25, 0.3) is 0 Å². The van der Waals surface area contributed by atoms with Crippen LogP contribution in [0.25, 0.3) is 0 Å². The summed E-state index contributed by atoms with van der Waals surface area (Å²) in [6.07, 6.45) is 1.96. The first kappa shape index (κ1) is 10.7. The van der Waals surface area contributed by atoms with Crippen molar-refractivity contribution in [2.75, 3.05) is 13.1 Å². The van der Waals surface area contributed by atoms with Gasteiger partial charge in [0.1, 0.15) is 0 Å². The van der Waals surface area contributed by atoms with Crippen LogP contribution in [0.1, 0.15) is 24.3 Å². The average molecular weight is 230 g/mol. The third kappa shape index (κ3) is 2.08. The van der Waals surface area contributed by atoms with Gasteiger partial charge in [-0.1, -0.05) is 11.6 Å². The number of aromatic hydroxyl groups is 1. The quantitative estimate of drug-likeness (QED) is 0.776. The van der Waals surface area contributed by atoms with E-state index in [1.54, 1.807) is 0 Å². The highest BCUT2D eigenvalue weighted by Crippen LogP contribution is 2.37. The lowest BCUT2D eigenvalue weighted by molar-refractivity contribution is 0.401. The summed E-state index contributed by atoms with van der Waals surface area (Å²) in [5.74, 6) is -0.780. The Balaban J connectivity index is 2.36. The lowest BCUT2D eigenvalue weighted by Crippen LogP contribution is -2.28. The maximum Gasteiger partial charge on any atom is 0.165 e. The minimum atomic E-state index is -0.597. The smallest absolute Gasteiger partial charge is 0.165 e. The van der Waals surface area contributed by atoms with Crippen LogP contribution in [-0.4, -0.2) is 18.2 Å². The van der Waals surface area contributed by atoms with Gasteiger partial charge in [0.05, 0.1) is 0 Å². The molecule has 1 fully saturated rings. The van der Waals surface area contributed by atoms with E-state index in [2.05, 4.69) is 5.32 Å². The Hall–Kier alpha value is -0.800. The Morgan fingerprint density at radius 3 is 2.93 bits per heavy atom. The fourth-order valence-corrected chi connectivity index (χ4v) is 2.35. The number of halogens is 2. The lowest BCUT2D eigenvalue weighted by Gasteiger charge is -2.24. The van der Waals surface area contributed by atoms with Crippen LogP contribution in [0.2, 0.25) is 5.02 Å². The molecule has 0 spiro atoms. The van der Waals surface area contributed by atoms with Crippen LogP contribution < -0.4 is 5.32 Å². The highest BCUT2D eigenvalue weighted by Gasteiger charge is 2.22. The van der Waals surface area contributed by atoms with Crippen LogP contribution >= 0.6 is 11.6 Å². The van der Waals surface area contributed by atoms with Crippen LogP contribution in [-0.2, 0) is 0 Å². The van der Waals surface area contributed by atoms with Crippen molar-refractivity contribution in [1.82, 2.24) is 5.32 Å². The molecule has 0 bridgehead atoms. The van der Waals surface area contributed by atoms with E-state index in [9.17, 15) is 9.50 Å². The number of hydrogen-bond acceptors (Lipinski definition) is 2. The van der Waals surface area contributed by atoms with E-state index in [0.717, 1.165) is 25.9 Å². The van der Waals surface area contributed by atoms with E-state index < -0.39 is 5.82 Å². The topological polar surface area (TPSA) is 32.3 Å². The molecule has 15 heavy (non-hydrogen) atoms. The SMILES string of the molecule is Oc1c(F)ccc(Cl)c1C1CCCNC1. The molecule has 2 nitrogen and oxygen atoms in total. The van der Waals surface area contributed by atoms with Crippen LogP contribution in [0.15, 0.2) is 12.1 Å². The zero-order valence-corrected chi connectivity index (χ0v) is 9.02. The van der Waals surface area contributed by atoms with E-state index in [0.29, 0.717) is 10.6 Å². The van der Waals surface area contributed by atoms with Gasteiger partial charge in [-0.3, -0.25) is 0 Å². The van der Waals surface area contributed by atoms with Crippen molar-refractivity contribution < 1.29 is 9.50 Å². The molecule has 1 aliphatic heterocycles. The van der Waals surface area contributed by atoms with Crippen molar-refractivity contribution in [2.24, 2.45) is 0 Å². The molecule has 0 amide bonds. The van der Waals surface area contributed by atoms with E-state index in [-0.39, 0.29) is 11.7 Å². The molecule has 4 heteroatoms. The molecule has 2 N–H and O–H groups in total. The second-order valence-corrected chi connectivity index (χ2v) is 4.24. The molecule has 0 radical (unpaired) electrons. The van der Waals surface area contributed by atoms with Crippen molar-refractivity contribution in [3.8, 4) is 5.75 Å². The second kappa shape index (κ2) is 4.37. The normalized spacial score (nSPS) is 21.6.